The van der Waals surface area contributed by atoms with Crippen LogP contribution in [-0.4, -0.2) is 33.3 Å². The smallest absolute Gasteiger partial charge is 0.288 e. The van der Waals surface area contributed by atoms with Crippen molar-refractivity contribution in [1.82, 2.24) is 10.3 Å². The maximum Gasteiger partial charge on any atom is 0.288 e. The molecule has 1 atom stereocenters. The topological polar surface area (TPSA) is 66.7 Å². The number of amides is 1. The van der Waals surface area contributed by atoms with Gasteiger partial charge in [-0.1, -0.05) is 35.7 Å². The van der Waals surface area contributed by atoms with Crippen molar-refractivity contribution in [2.75, 3.05) is 0 Å². The summed E-state index contributed by atoms with van der Waals surface area (Å²) in [6.45, 7) is 0. The molecule has 1 aromatic heterocycles. The molecule has 1 aromatic carbocycles. The minimum Gasteiger partial charge on any atom is -0.303 e. The Kier molecular flexibility index (Phi) is 6.35. The van der Waals surface area contributed by atoms with Gasteiger partial charge in [0.05, 0.1) is 11.5 Å². The van der Waals surface area contributed by atoms with Gasteiger partial charge < -0.3 is 5.32 Å². The van der Waals surface area contributed by atoms with Gasteiger partial charge in [-0.25, -0.2) is 0 Å². The first-order chi connectivity index (χ1) is 12.6. The normalized spacial score (nSPS) is 18.8. The Balaban J connectivity index is 1.57. The summed E-state index contributed by atoms with van der Waals surface area (Å²) in [6, 6.07) is 10.4. The van der Waals surface area contributed by atoms with Crippen molar-refractivity contribution in [2.45, 2.75) is 22.3 Å². The largest absolute Gasteiger partial charge is 0.303 e. The summed E-state index contributed by atoms with van der Waals surface area (Å²) in [5.41, 5.74) is 1.76. The summed E-state index contributed by atoms with van der Waals surface area (Å²) in [4.78, 5) is 16.5. The molecular formula is C17H14F2N4OS2. The van der Waals surface area contributed by atoms with Gasteiger partial charge in [0.1, 0.15) is 0 Å². The predicted molar refractivity (Wildman–Crippen MR) is 101 cm³/mol. The van der Waals surface area contributed by atoms with Crippen LogP contribution in [0.5, 0.6) is 0 Å². The standard InChI is InChI=1S/C17H14F2N4OS2/c18-16(19)25-13-3-1-11(2-4-13)9-14-15(24)22-17(26-14)23-21-10-12-5-7-20-8-6-12/h1-8,10,14,16H,9H2,(H,22,23,24)/b21-10-/t14-/m0/s1. The Morgan fingerprint density at radius 1 is 1.23 bits per heavy atom. The Bertz CT molecular complexity index is 813. The van der Waals surface area contributed by atoms with Crippen LogP contribution >= 0.6 is 23.5 Å². The van der Waals surface area contributed by atoms with Crippen molar-refractivity contribution < 1.29 is 13.6 Å². The quantitative estimate of drug-likeness (QED) is 0.464. The Hall–Kier alpha value is -2.26. The second-order valence-corrected chi connectivity index (χ2v) is 7.51. The minimum atomic E-state index is -2.44. The van der Waals surface area contributed by atoms with Gasteiger partial charge in [-0.05, 0) is 41.8 Å². The summed E-state index contributed by atoms with van der Waals surface area (Å²) in [7, 11) is 0. The fourth-order valence-corrected chi connectivity index (χ4v) is 3.67. The second kappa shape index (κ2) is 8.91. The van der Waals surface area contributed by atoms with Gasteiger partial charge in [-0.3, -0.25) is 9.78 Å². The summed E-state index contributed by atoms with van der Waals surface area (Å²) >= 11 is 1.80. The third-order valence-electron chi connectivity index (χ3n) is 3.41. The number of nitrogens with zero attached hydrogens (tertiary/aromatic N) is 3. The Morgan fingerprint density at radius 3 is 2.65 bits per heavy atom. The van der Waals surface area contributed by atoms with E-state index in [-0.39, 0.29) is 11.2 Å². The fourth-order valence-electron chi connectivity index (χ4n) is 2.21. The molecule has 1 amide bonds. The van der Waals surface area contributed by atoms with Crippen LogP contribution in [0.3, 0.4) is 0 Å². The number of thioether (sulfide) groups is 2. The van der Waals surface area contributed by atoms with E-state index < -0.39 is 5.76 Å². The van der Waals surface area contributed by atoms with Crippen molar-refractivity contribution in [3.05, 3.63) is 59.9 Å². The predicted octanol–water partition coefficient (Wildman–Crippen LogP) is 3.56. The highest BCUT2D eigenvalue weighted by atomic mass is 32.2. The molecular weight excluding hydrogens is 378 g/mol. The fraction of sp³-hybridized carbons (Fsp3) is 0.176. The van der Waals surface area contributed by atoms with E-state index in [2.05, 4.69) is 20.5 Å². The van der Waals surface area contributed by atoms with E-state index >= 15 is 0 Å². The molecule has 0 saturated carbocycles. The van der Waals surface area contributed by atoms with Crippen molar-refractivity contribution in [3.63, 3.8) is 0 Å². The second-order valence-electron chi connectivity index (χ2n) is 5.25. The van der Waals surface area contributed by atoms with E-state index in [1.807, 2.05) is 0 Å². The Morgan fingerprint density at radius 2 is 1.96 bits per heavy atom. The zero-order valence-electron chi connectivity index (χ0n) is 13.4. The number of pyridine rings is 1. The van der Waals surface area contributed by atoms with E-state index in [0.29, 0.717) is 28.2 Å². The maximum atomic E-state index is 12.3. The maximum absolute atomic E-state index is 12.3. The zero-order chi connectivity index (χ0) is 18.4. The molecule has 1 saturated heterocycles. The molecule has 0 unspecified atom stereocenters. The molecule has 0 radical (unpaired) electrons. The van der Waals surface area contributed by atoms with E-state index in [4.69, 9.17) is 0 Å². The van der Waals surface area contributed by atoms with Crippen molar-refractivity contribution in [2.24, 2.45) is 10.2 Å². The number of nitrogens with one attached hydrogen (secondary N) is 1. The average molecular weight is 392 g/mol. The van der Waals surface area contributed by atoms with E-state index in [0.717, 1.165) is 11.1 Å². The minimum absolute atomic E-state index is 0.140. The van der Waals surface area contributed by atoms with Crippen molar-refractivity contribution in [3.8, 4) is 0 Å². The van der Waals surface area contributed by atoms with Crippen LogP contribution in [0.2, 0.25) is 0 Å². The van der Waals surface area contributed by atoms with Gasteiger partial charge >= 0.3 is 0 Å². The van der Waals surface area contributed by atoms with Gasteiger partial charge in [-0.2, -0.15) is 13.9 Å². The summed E-state index contributed by atoms with van der Waals surface area (Å²) < 4.78 is 24.7. The first-order valence-electron chi connectivity index (χ1n) is 7.62. The molecule has 3 rings (SSSR count). The van der Waals surface area contributed by atoms with Gasteiger partial charge in [0.15, 0.2) is 5.17 Å². The number of carbonyl (C=O) groups is 1. The van der Waals surface area contributed by atoms with Gasteiger partial charge in [0.25, 0.3) is 5.76 Å². The number of hydrogen-bond acceptors (Lipinski definition) is 6. The molecule has 1 aliphatic heterocycles. The molecule has 0 aliphatic carbocycles. The van der Waals surface area contributed by atoms with Gasteiger partial charge in [0.2, 0.25) is 5.91 Å². The lowest BCUT2D eigenvalue weighted by Gasteiger charge is -2.06. The Labute approximate surface area is 157 Å². The lowest BCUT2D eigenvalue weighted by molar-refractivity contribution is -0.118. The third-order valence-corrected chi connectivity index (χ3v) is 5.20. The molecule has 1 aliphatic rings. The van der Waals surface area contributed by atoms with Crippen LogP contribution in [-0.2, 0) is 11.2 Å². The molecule has 0 bridgehead atoms. The highest BCUT2D eigenvalue weighted by molar-refractivity contribution is 8.15. The van der Waals surface area contributed by atoms with Crippen LogP contribution in [0.1, 0.15) is 11.1 Å². The number of amidine groups is 1. The molecule has 26 heavy (non-hydrogen) atoms. The molecule has 5 nitrogen and oxygen atoms in total. The lowest BCUT2D eigenvalue weighted by atomic mass is 10.1. The molecule has 1 N–H and O–H groups in total. The number of rotatable bonds is 6. The zero-order valence-corrected chi connectivity index (χ0v) is 15.0. The number of halogens is 2. The van der Waals surface area contributed by atoms with E-state index in [1.165, 1.54) is 11.8 Å². The number of carbonyl (C=O) groups excluding carboxylic acids is 1. The molecule has 9 heteroatoms. The first-order valence-corrected chi connectivity index (χ1v) is 9.38. The number of benzene rings is 1. The van der Waals surface area contributed by atoms with Gasteiger partial charge in [0, 0.05) is 17.3 Å². The average Bonchev–Trinajstić information content (AvgIpc) is 2.97. The number of hydrogen-bond donors (Lipinski definition) is 1. The summed E-state index contributed by atoms with van der Waals surface area (Å²) in [5, 5.41) is 10.8. The third kappa shape index (κ3) is 5.37. The number of alkyl halides is 2. The van der Waals surface area contributed by atoms with Crippen LogP contribution in [0, 0.1) is 0 Å². The SMILES string of the molecule is O=C1N/C(=N\N=C/c2ccncc2)S[C@H]1Cc1ccc(SC(F)F)cc1. The van der Waals surface area contributed by atoms with E-state index in [1.54, 1.807) is 55.0 Å². The summed E-state index contributed by atoms with van der Waals surface area (Å²) in [5.74, 6) is -2.58. The molecule has 2 aromatic rings. The monoisotopic (exact) mass is 392 g/mol. The van der Waals surface area contributed by atoms with Crippen molar-refractivity contribution in [1.29, 1.82) is 0 Å². The summed E-state index contributed by atoms with van der Waals surface area (Å²) in [6.07, 6.45) is 5.38. The van der Waals surface area contributed by atoms with Gasteiger partial charge in [-0.15, -0.1) is 5.10 Å². The van der Waals surface area contributed by atoms with Crippen LogP contribution in [0.4, 0.5) is 8.78 Å². The molecule has 2 heterocycles. The van der Waals surface area contributed by atoms with Crippen molar-refractivity contribution >= 4 is 40.8 Å². The number of aromatic nitrogens is 1. The van der Waals surface area contributed by atoms with Crippen LogP contribution < -0.4 is 5.32 Å². The highest BCUT2D eigenvalue weighted by Gasteiger charge is 2.30. The molecule has 134 valence electrons. The van der Waals surface area contributed by atoms with Crippen LogP contribution in [0.25, 0.3) is 0 Å². The van der Waals surface area contributed by atoms with E-state index in [9.17, 15) is 13.6 Å². The highest BCUT2D eigenvalue weighted by Crippen LogP contribution is 2.27. The van der Waals surface area contributed by atoms with Crippen LogP contribution in [0.15, 0.2) is 63.9 Å². The first kappa shape index (κ1) is 18.5. The molecule has 0 spiro atoms. The molecule has 1 fully saturated rings. The lowest BCUT2D eigenvalue weighted by Crippen LogP contribution is -2.25.